The minimum atomic E-state index is -1.17. The highest BCUT2D eigenvalue weighted by molar-refractivity contribution is 6.07. The number of aromatic nitrogens is 1. The van der Waals surface area contributed by atoms with Crippen LogP contribution in [0.4, 0.5) is 5.82 Å². The van der Waals surface area contributed by atoms with Gasteiger partial charge in [0.1, 0.15) is 17.1 Å². The molecule has 1 aromatic heterocycles. The van der Waals surface area contributed by atoms with Crippen molar-refractivity contribution in [2.75, 3.05) is 18.0 Å². The minimum absolute atomic E-state index is 0.295. The number of nitrogens with one attached hydrogen (secondary N) is 1. The van der Waals surface area contributed by atoms with E-state index in [0.29, 0.717) is 11.8 Å². The van der Waals surface area contributed by atoms with Crippen LogP contribution < -0.4 is 10.2 Å². The Balaban J connectivity index is 1.64. The van der Waals surface area contributed by atoms with Gasteiger partial charge in [0.2, 0.25) is 0 Å². The first-order chi connectivity index (χ1) is 14.7. The third kappa shape index (κ3) is 3.86. The summed E-state index contributed by atoms with van der Waals surface area (Å²) in [6.07, 6.45) is 4.06. The summed E-state index contributed by atoms with van der Waals surface area (Å²) in [6.45, 7) is 13.9. The number of aryl methyl sites for hydroxylation is 1. The summed E-state index contributed by atoms with van der Waals surface area (Å²) < 4.78 is 0. The number of aliphatic hydroxyl groups is 1. The smallest absolute Gasteiger partial charge is 0.166 e. The second kappa shape index (κ2) is 8.09. The lowest BCUT2D eigenvalue weighted by Gasteiger charge is -2.37. The second-order valence-electron chi connectivity index (χ2n) is 9.15. The summed E-state index contributed by atoms with van der Waals surface area (Å²) in [4.78, 5) is 12.4. The molecule has 6 nitrogen and oxygen atoms in total. The van der Waals surface area contributed by atoms with Gasteiger partial charge in [0, 0.05) is 30.0 Å². The lowest BCUT2D eigenvalue weighted by molar-refractivity contribution is -0.0936. The summed E-state index contributed by atoms with van der Waals surface area (Å²) >= 11 is 0. The molecule has 0 radical (unpaired) electrons. The van der Waals surface area contributed by atoms with Crippen molar-refractivity contribution in [1.29, 1.82) is 0 Å². The summed E-state index contributed by atoms with van der Waals surface area (Å²) in [5.74, 6) is 0.948. The van der Waals surface area contributed by atoms with Gasteiger partial charge in [-0.15, -0.1) is 0 Å². The molecule has 1 aromatic carbocycles. The van der Waals surface area contributed by atoms with E-state index < -0.39 is 11.2 Å². The fraction of sp³-hybridized carbons (Fsp3) is 0.440. The SMILES string of the molecule is C=C(c1ccc(C2=NOC(C)(C)[C@]2(C)O)cc1)N(c1ncccc1C)[C@@H]1CCCNC1. The van der Waals surface area contributed by atoms with Gasteiger partial charge in [0.15, 0.2) is 5.60 Å². The second-order valence-corrected chi connectivity index (χ2v) is 9.15. The molecule has 0 saturated carbocycles. The Morgan fingerprint density at radius 2 is 1.97 bits per heavy atom. The van der Waals surface area contributed by atoms with E-state index in [4.69, 9.17) is 4.84 Å². The van der Waals surface area contributed by atoms with Crippen molar-refractivity contribution < 1.29 is 9.94 Å². The van der Waals surface area contributed by atoms with Gasteiger partial charge in [-0.2, -0.15) is 0 Å². The van der Waals surface area contributed by atoms with Crippen molar-refractivity contribution in [2.24, 2.45) is 5.16 Å². The number of piperidine rings is 1. The zero-order chi connectivity index (χ0) is 22.2. The van der Waals surface area contributed by atoms with E-state index >= 15 is 0 Å². The summed E-state index contributed by atoms with van der Waals surface area (Å²) in [7, 11) is 0. The summed E-state index contributed by atoms with van der Waals surface area (Å²) in [5, 5.41) is 18.6. The molecular weight excluding hydrogens is 388 g/mol. The monoisotopic (exact) mass is 420 g/mol. The largest absolute Gasteiger partial charge is 0.386 e. The molecule has 2 aromatic rings. The molecule has 0 spiro atoms. The Morgan fingerprint density at radius 3 is 2.55 bits per heavy atom. The van der Waals surface area contributed by atoms with Crippen LogP contribution in [0.1, 0.15) is 50.3 Å². The molecule has 2 atom stereocenters. The number of anilines is 1. The van der Waals surface area contributed by atoms with Crippen molar-refractivity contribution in [2.45, 2.75) is 57.8 Å². The highest BCUT2D eigenvalue weighted by Gasteiger charge is 2.51. The lowest BCUT2D eigenvalue weighted by atomic mass is 9.81. The van der Waals surface area contributed by atoms with Crippen molar-refractivity contribution in [3.63, 3.8) is 0 Å². The Labute approximate surface area is 184 Å². The van der Waals surface area contributed by atoms with E-state index in [1.165, 1.54) is 0 Å². The van der Waals surface area contributed by atoms with Gasteiger partial charge in [0.25, 0.3) is 0 Å². The molecule has 2 N–H and O–H groups in total. The van der Waals surface area contributed by atoms with Gasteiger partial charge in [-0.25, -0.2) is 4.98 Å². The Morgan fingerprint density at radius 1 is 1.23 bits per heavy atom. The van der Waals surface area contributed by atoms with Crippen LogP contribution >= 0.6 is 0 Å². The van der Waals surface area contributed by atoms with Crippen LogP contribution in [0.5, 0.6) is 0 Å². The number of benzene rings is 1. The maximum absolute atomic E-state index is 11.0. The van der Waals surface area contributed by atoms with E-state index in [0.717, 1.165) is 54.1 Å². The predicted molar refractivity (Wildman–Crippen MR) is 125 cm³/mol. The van der Waals surface area contributed by atoms with E-state index in [9.17, 15) is 5.11 Å². The number of pyridine rings is 1. The quantitative estimate of drug-likeness (QED) is 0.768. The highest BCUT2D eigenvalue weighted by atomic mass is 16.7. The van der Waals surface area contributed by atoms with Crippen molar-refractivity contribution >= 4 is 17.2 Å². The third-order valence-electron chi connectivity index (χ3n) is 6.63. The van der Waals surface area contributed by atoms with Crippen molar-refractivity contribution in [1.82, 2.24) is 10.3 Å². The first kappa shape index (κ1) is 21.5. The molecule has 0 unspecified atom stereocenters. The molecule has 4 rings (SSSR count). The topological polar surface area (TPSA) is 70.0 Å². The Bertz CT molecular complexity index is 989. The molecule has 2 aliphatic rings. The van der Waals surface area contributed by atoms with Gasteiger partial charge in [-0.1, -0.05) is 42.1 Å². The zero-order valence-electron chi connectivity index (χ0n) is 18.9. The van der Waals surface area contributed by atoms with Gasteiger partial charge >= 0.3 is 0 Å². The number of hydrogen-bond acceptors (Lipinski definition) is 6. The standard InChI is InChI=1S/C25H32N4O2/c1-17-8-6-15-27-23(17)29(21-9-7-14-26-16-21)18(2)19-10-12-20(13-11-19)22-25(5,30)24(3,4)31-28-22/h6,8,10-13,15,21,26,30H,2,7,9,14,16H2,1,3-5H3/t21-,25-/m1/s1. The van der Waals surface area contributed by atoms with Crippen LogP contribution in [0.15, 0.2) is 54.3 Å². The van der Waals surface area contributed by atoms with Crippen LogP contribution in [-0.2, 0) is 4.84 Å². The molecule has 164 valence electrons. The molecule has 0 aliphatic carbocycles. The maximum atomic E-state index is 11.0. The third-order valence-corrected chi connectivity index (χ3v) is 6.63. The minimum Gasteiger partial charge on any atom is -0.386 e. The summed E-state index contributed by atoms with van der Waals surface area (Å²) in [5.41, 5.74) is 2.50. The van der Waals surface area contributed by atoms with E-state index in [2.05, 4.69) is 39.9 Å². The molecule has 2 aliphatic heterocycles. The van der Waals surface area contributed by atoms with E-state index in [1.807, 2.05) is 50.4 Å². The first-order valence-electron chi connectivity index (χ1n) is 10.9. The Kier molecular flexibility index (Phi) is 5.62. The fourth-order valence-electron chi connectivity index (χ4n) is 4.22. The molecular formula is C25H32N4O2. The molecule has 3 heterocycles. The average Bonchev–Trinajstić information content (AvgIpc) is 2.97. The molecule has 31 heavy (non-hydrogen) atoms. The number of hydrogen-bond donors (Lipinski definition) is 2. The van der Waals surface area contributed by atoms with Gasteiger partial charge in [-0.3, -0.25) is 0 Å². The molecule has 0 bridgehead atoms. The van der Waals surface area contributed by atoms with Crippen LogP contribution in [-0.4, -0.2) is 46.1 Å². The first-order valence-corrected chi connectivity index (χ1v) is 10.9. The number of nitrogens with zero attached hydrogens (tertiary/aromatic N) is 3. The Hall–Kier alpha value is -2.70. The molecule has 1 saturated heterocycles. The average molecular weight is 421 g/mol. The van der Waals surface area contributed by atoms with Crippen molar-refractivity contribution in [3.05, 3.63) is 65.9 Å². The molecule has 6 heteroatoms. The number of oxime groups is 1. The molecule has 1 fully saturated rings. The highest BCUT2D eigenvalue weighted by Crippen LogP contribution is 2.36. The zero-order valence-corrected chi connectivity index (χ0v) is 18.9. The predicted octanol–water partition coefficient (Wildman–Crippen LogP) is 3.88. The van der Waals surface area contributed by atoms with Crippen LogP contribution in [0.25, 0.3) is 5.70 Å². The van der Waals surface area contributed by atoms with Crippen LogP contribution in [0, 0.1) is 6.92 Å². The van der Waals surface area contributed by atoms with Crippen LogP contribution in [0.2, 0.25) is 0 Å². The van der Waals surface area contributed by atoms with Gasteiger partial charge in [-0.05, 0) is 64.3 Å². The van der Waals surface area contributed by atoms with E-state index in [-0.39, 0.29) is 0 Å². The van der Waals surface area contributed by atoms with E-state index in [1.54, 1.807) is 6.92 Å². The normalized spacial score (nSPS) is 24.9. The van der Waals surface area contributed by atoms with Crippen LogP contribution in [0.3, 0.4) is 0 Å². The van der Waals surface area contributed by atoms with Crippen molar-refractivity contribution in [3.8, 4) is 0 Å². The molecule has 0 amide bonds. The van der Waals surface area contributed by atoms with Gasteiger partial charge in [0.05, 0.1) is 0 Å². The van der Waals surface area contributed by atoms with Gasteiger partial charge < -0.3 is 20.2 Å². The fourth-order valence-corrected chi connectivity index (χ4v) is 4.22. The summed E-state index contributed by atoms with van der Waals surface area (Å²) in [6, 6.07) is 12.4. The number of rotatable bonds is 5. The maximum Gasteiger partial charge on any atom is 0.166 e. The lowest BCUT2D eigenvalue weighted by Crippen LogP contribution is -2.50.